The van der Waals surface area contributed by atoms with Crippen LogP contribution in [-0.2, 0) is 6.61 Å². The van der Waals surface area contributed by atoms with Gasteiger partial charge >= 0.3 is 0 Å². The highest BCUT2D eigenvalue weighted by molar-refractivity contribution is 9.10. The third-order valence-electron chi connectivity index (χ3n) is 5.62. The van der Waals surface area contributed by atoms with Crippen LogP contribution < -0.4 is 14.8 Å². The normalized spacial score (nSPS) is 13.7. The van der Waals surface area contributed by atoms with E-state index in [-0.39, 0.29) is 11.9 Å². The van der Waals surface area contributed by atoms with Crippen LogP contribution in [0.25, 0.3) is 0 Å². The Hall–Kier alpha value is -3.30. The zero-order valence-electron chi connectivity index (χ0n) is 18.2. The Balaban J connectivity index is 1.54. The van der Waals surface area contributed by atoms with Crippen molar-refractivity contribution in [2.45, 2.75) is 44.8 Å². The molecule has 1 aliphatic rings. The molecule has 3 aromatic rings. The molecule has 0 atom stereocenters. The fourth-order valence-corrected chi connectivity index (χ4v) is 4.11. The maximum Gasteiger partial charge on any atom is 0.251 e. The number of amides is 1. The van der Waals surface area contributed by atoms with Crippen molar-refractivity contribution in [3.8, 4) is 23.3 Å². The molecule has 33 heavy (non-hydrogen) atoms. The molecule has 0 saturated heterocycles. The third kappa shape index (κ3) is 6.59. The summed E-state index contributed by atoms with van der Waals surface area (Å²) in [6.07, 6.45) is 5.55. The molecule has 4 rings (SSSR count). The van der Waals surface area contributed by atoms with Crippen molar-refractivity contribution in [1.82, 2.24) is 5.32 Å². The van der Waals surface area contributed by atoms with Gasteiger partial charge in [-0.15, -0.1) is 0 Å². The maximum atomic E-state index is 13.0. The first kappa shape index (κ1) is 22.9. The standard InChI is InChI=1S/C27H25BrN2O3/c28-22-10-6-20(7-11-22)18-32-25-14-21(27(31)30-23-4-2-1-3-5-23)15-26(16-25)33-24-12-8-19(17-29)9-13-24/h6-16,23H,1-5,18H2,(H,30,31). The lowest BCUT2D eigenvalue weighted by atomic mass is 9.95. The first-order valence-corrected chi connectivity index (χ1v) is 11.9. The summed E-state index contributed by atoms with van der Waals surface area (Å²) >= 11 is 3.44. The van der Waals surface area contributed by atoms with Crippen LogP contribution in [0.4, 0.5) is 0 Å². The molecule has 168 valence electrons. The number of nitrogens with zero attached hydrogens (tertiary/aromatic N) is 1. The van der Waals surface area contributed by atoms with Crippen LogP contribution in [0.1, 0.15) is 53.6 Å². The van der Waals surface area contributed by atoms with Gasteiger partial charge in [-0.25, -0.2) is 0 Å². The van der Waals surface area contributed by atoms with Crippen molar-refractivity contribution >= 4 is 21.8 Å². The molecule has 3 aromatic carbocycles. The fourth-order valence-electron chi connectivity index (χ4n) is 3.84. The third-order valence-corrected chi connectivity index (χ3v) is 6.15. The van der Waals surface area contributed by atoms with E-state index < -0.39 is 0 Å². The number of carbonyl (C=O) groups excluding carboxylic acids is 1. The van der Waals surface area contributed by atoms with Crippen molar-refractivity contribution in [3.63, 3.8) is 0 Å². The van der Waals surface area contributed by atoms with Gasteiger partial charge in [0.25, 0.3) is 5.91 Å². The highest BCUT2D eigenvalue weighted by Gasteiger charge is 2.18. The summed E-state index contributed by atoms with van der Waals surface area (Å²) in [6.45, 7) is 0.372. The summed E-state index contributed by atoms with van der Waals surface area (Å²) < 4.78 is 13.0. The molecule has 0 aliphatic heterocycles. The minimum atomic E-state index is -0.124. The molecule has 0 bridgehead atoms. The van der Waals surface area contributed by atoms with Crippen molar-refractivity contribution in [1.29, 1.82) is 5.26 Å². The second-order valence-corrected chi connectivity index (χ2v) is 9.07. The minimum Gasteiger partial charge on any atom is -0.489 e. The number of benzene rings is 3. The second-order valence-electron chi connectivity index (χ2n) is 8.15. The smallest absolute Gasteiger partial charge is 0.251 e. The highest BCUT2D eigenvalue weighted by Crippen LogP contribution is 2.29. The average molecular weight is 505 g/mol. The van der Waals surface area contributed by atoms with E-state index in [4.69, 9.17) is 14.7 Å². The Morgan fingerprint density at radius 1 is 0.939 bits per heavy atom. The molecule has 0 radical (unpaired) electrons. The maximum absolute atomic E-state index is 13.0. The average Bonchev–Trinajstić information content (AvgIpc) is 2.85. The highest BCUT2D eigenvalue weighted by atomic mass is 79.9. The molecular weight excluding hydrogens is 480 g/mol. The lowest BCUT2D eigenvalue weighted by Crippen LogP contribution is -2.36. The summed E-state index contributed by atoms with van der Waals surface area (Å²) in [6, 6.07) is 22.3. The quantitative estimate of drug-likeness (QED) is 0.386. The predicted molar refractivity (Wildman–Crippen MR) is 130 cm³/mol. The molecule has 5 nitrogen and oxygen atoms in total. The molecule has 0 unspecified atom stereocenters. The van der Waals surface area contributed by atoms with E-state index in [9.17, 15) is 4.79 Å². The zero-order chi connectivity index (χ0) is 23.0. The molecule has 1 N–H and O–H groups in total. The van der Waals surface area contributed by atoms with Gasteiger partial charge in [0.1, 0.15) is 23.9 Å². The van der Waals surface area contributed by atoms with E-state index in [1.165, 1.54) is 6.42 Å². The van der Waals surface area contributed by atoms with Gasteiger partial charge in [0, 0.05) is 22.1 Å². The monoisotopic (exact) mass is 504 g/mol. The van der Waals surface area contributed by atoms with Crippen LogP contribution in [0, 0.1) is 11.3 Å². The molecule has 1 aliphatic carbocycles. The summed E-state index contributed by atoms with van der Waals surface area (Å²) in [4.78, 5) is 13.0. The first-order valence-electron chi connectivity index (χ1n) is 11.1. The summed E-state index contributed by atoms with van der Waals surface area (Å²) in [7, 11) is 0. The Labute approximate surface area is 202 Å². The van der Waals surface area contributed by atoms with Crippen LogP contribution >= 0.6 is 15.9 Å². The second kappa shape index (κ2) is 11.0. The van der Waals surface area contributed by atoms with E-state index in [2.05, 4.69) is 27.3 Å². The van der Waals surface area contributed by atoms with Crippen LogP contribution in [0.2, 0.25) is 0 Å². The lowest BCUT2D eigenvalue weighted by molar-refractivity contribution is 0.0927. The van der Waals surface area contributed by atoms with Crippen LogP contribution in [-0.4, -0.2) is 11.9 Å². The van der Waals surface area contributed by atoms with E-state index in [0.717, 1.165) is 35.7 Å². The van der Waals surface area contributed by atoms with Gasteiger partial charge in [-0.2, -0.15) is 5.26 Å². The van der Waals surface area contributed by atoms with Gasteiger partial charge in [0.05, 0.1) is 11.6 Å². The SMILES string of the molecule is N#Cc1ccc(Oc2cc(OCc3ccc(Br)cc3)cc(C(=O)NC3CCCCC3)c2)cc1. The van der Waals surface area contributed by atoms with Gasteiger partial charge in [-0.05, 0) is 66.9 Å². The minimum absolute atomic E-state index is 0.124. The van der Waals surface area contributed by atoms with E-state index >= 15 is 0 Å². The van der Waals surface area contributed by atoms with Crippen molar-refractivity contribution in [3.05, 3.63) is 87.9 Å². The molecule has 1 amide bonds. The van der Waals surface area contributed by atoms with E-state index in [0.29, 0.717) is 35.0 Å². The number of nitriles is 1. The first-order chi connectivity index (χ1) is 16.1. The summed E-state index contributed by atoms with van der Waals surface area (Å²) in [5.41, 5.74) is 2.07. The van der Waals surface area contributed by atoms with Gasteiger partial charge in [0.15, 0.2) is 0 Å². The Morgan fingerprint density at radius 3 is 2.33 bits per heavy atom. The number of hydrogen-bond donors (Lipinski definition) is 1. The largest absolute Gasteiger partial charge is 0.489 e. The Kier molecular flexibility index (Phi) is 7.64. The molecule has 0 heterocycles. The molecule has 1 saturated carbocycles. The van der Waals surface area contributed by atoms with Gasteiger partial charge in [0.2, 0.25) is 0 Å². The molecule has 1 fully saturated rings. The van der Waals surface area contributed by atoms with E-state index in [1.807, 2.05) is 24.3 Å². The van der Waals surface area contributed by atoms with E-state index in [1.54, 1.807) is 42.5 Å². The van der Waals surface area contributed by atoms with Crippen molar-refractivity contribution in [2.24, 2.45) is 0 Å². The van der Waals surface area contributed by atoms with Gasteiger partial charge in [-0.1, -0.05) is 47.3 Å². The topological polar surface area (TPSA) is 71.3 Å². The van der Waals surface area contributed by atoms with Crippen molar-refractivity contribution in [2.75, 3.05) is 0 Å². The number of hydrogen-bond acceptors (Lipinski definition) is 4. The summed E-state index contributed by atoms with van der Waals surface area (Å²) in [5, 5.41) is 12.2. The number of nitrogens with one attached hydrogen (secondary N) is 1. The molecule has 0 spiro atoms. The van der Waals surface area contributed by atoms with Gasteiger partial charge < -0.3 is 14.8 Å². The zero-order valence-corrected chi connectivity index (χ0v) is 19.8. The van der Waals surface area contributed by atoms with Crippen LogP contribution in [0.15, 0.2) is 71.2 Å². The molecular formula is C27H25BrN2O3. The lowest BCUT2D eigenvalue weighted by Gasteiger charge is -2.23. The Bertz CT molecular complexity index is 1130. The van der Waals surface area contributed by atoms with Crippen LogP contribution in [0.3, 0.4) is 0 Å². The molecule has 0 aromatic heterocycles. The number of rotatable bonds is 7. The fraction of sp³-hybridized carbons (Fsp3) is 0.259. The Morgan fingerprint density at radius 2 is 1.64 bits per heavy atom. The number of ether oxygens (including phenoxy) is 2. The predicted octanol–water partition coefficient (Wildman–Crippen LogP) is 6.75. The number of halogens is 1. The van der Waals surface area contributed by atoms with Crippen LogP contribution in [0.5, 0.6) is 17.2 Å². The number of carbonyl (C=O) groups is 1. The van der Waals surface area contributed by atoms with Gasteiger partial charge in [-0.3, -0.25) is 4.79 Å². The molecule has 6 heteroatoms. The van der Waals surface area contributed by atoms with Crippen molar-refractivity contribution < 1.29 is 14.3 Å². The summed E-state index contributed by atoms with van der Waals surface area (Å²) in [5.74, 6) is 1.51.